The summed E-state index contributed by atoms with van der Waals surface area (Å²) in [6.07, 6.45) is 3.67. The van der Waals surface area contributed by atoms with Crippen LogP contribution in [0.4, 0.5) is 0 Å². The normalized spacial score (nSPS) is 11.5. The minimum Gasteiger partial charge on any atom is -0.509 e. The molecule has 8 radical (unpaired) electrons. The highest BCUT2D eigenvalue weighted by Crippen LogP contribution is 2.46. The number of hydrogen-bond acceptors (Lipinski definition) is 3. The Kier molecular flexibility index (Phi) is 7.62. The van der Waals surface area contributed by atoms with Gasteiger partial charge in [0.1, 0.15) is 37.2 Å². The van der Waals surface area contributed by atoms with Crippen molar-refractivity contribution in [1.82, 2.24) is 14.5 Å². The average molecular weight is 655 g/mol. The number of imidazole rings is 1. The van der Waals surface area contributed by atoms with E-state index in [1.54, 1.807) is 0 Å². The smallest absolute Gasteiger partial charge is 0.144 e. The molecule has 9 rings (SSSR count). The fourth-order valence-electron chi connectivity index (χ4n) is 7.53. The highest BCUT2D eigenvalue weighted by atomic mass is 16.3. The molecule has 0 saturated heterocycles. The lowest BCUT2D eigenvalue weighted by molar-refractivity contribution is 0.484. The van der Waals surface area contributed by atoms with Crippen LogP contribution in [0.25, 0.3) is 83.0 Å². The second-order valence-corrected chi connectivity index (χ2v) is 12.8. The molecule has 0 amide bonds. The first-order valence-corrected chi connectivity index (χ1v) is 16.9. The van der Waals surface area contributed by atoms with Gasteiger partial charge in [0, 0.05) is 23.6 Å². The number of nitrogens with zero attached hydrogens (tertiary/aromatic N) is 3. The van der Waals surface area contributed by atoms with E-state index in [4.69, 9.17) is 36.4 Å². The summed E-state index contributed by atoms with van der Waals surface area (Å²) in [6.45, 7) is 0. The highest BCUT2D eigenvalue weighted by Gasteiger charge is 2.23. The first kappa shape index (κ1) is 31.7. The molecule has 7 aromatic carbocycles. The van der Waals surface area contributed by atoms with E-state index in [9.17, 15) is 5.11 Å². The minimum atomic E-state index is -0.339. The summed E-state index contributed by atoms with van der Waals surface area (Å²) in [5, 5.41) is 15.1. The molecule has 0 aliphatic heterocycles. The third kappa shape index (κ3) is 4.90. The Bertz CT molecular complexity index is 2780. The van der Waals surface area contributed by atoms with Crippen molar-refractivity contribution in [1.29, 1.82) is 0 Å². The van der Waals surface area contributed by atoms with E-state index in [1.165, 1.54) is 5.56 Å². The fourth-order valence-corrected chi connectivity index (χ4v) is 7.53. The van der Waals surface area contributed by atoms with E-state index >= 15 is 0 Å². The molecule has 1 N–H and O–H groups in total. The van der Waals surface area contributed by atoms with Gasteiger partial charge in [0.15, 0.2) is 0 Å². The van der Waals surface area contributed by atoms with Crippen LogP contribution in [-0.4, -0.2) is 51.0 Å². The van der Waals surface area contributed by atoms with Crippen molar-refractivity contribution in [2.45, 2.75) is 0 Å². The maximum atomic E-state index is 10.5. The average Bonchev–Trinajstić information content (AvgIpc) is 3.58. The van der Waals surface area contributed by atoms with Gasteiger partial charge >= 0.3 is 0 Å². The molecule has 8 heteroatoms. The summed E-state index contributed by atoms with van der Waals surface area (Å²) in [7, 11) is 25.5. The molecule has 0 saturated carbocycles. The molecule has 0 bridgehead atoms. The van der Waals surface area contributed by atoms with Crippen LogP contribution < -0.4 is 21.9 Å². The van der Waals surface area contributed by atoms with E-state index in [1.807, 2.05) is 53.4 Å². The van der Waals surface area contributed by atoms with Gasteiger partial charge in [-0.25, -0.2) is 4.98 Å². The van der Waals surface area contributed by atoms with Crippen molar-refractivity contribution in [2.75, 3.05) is 0 Å². The Labute approximate surface area is 306 Å². The molecule has 234 valence electrons. The summed E-state index contributed by atoms with van der Waals surface area (Å²) in [4.78, 5) is 9.24. The number of pyridine rings is 1. The van der Waals surface area contributed by atoms with E-state index in [0.29, 0.717) is 11.4 Å². The standard InChI is InChI=1S/C44H25B4N3O/c45-39-38(40(46)42(48)43(52)41(39)47)44-50-34-18-7-8-19-35(34)51(44)27-11-9-10-26(24-27)36-30-14-3-5-16-32(30)37(33-17-6-4-15-31(33)36)29-13-2-1-12-28(29)25-20-22-49-23-21-25/h1-24,52H. The SMILES string of the molecule is [B]c1c([B])c(-c2nc3ccccc3n2-c2cccc(-c3c4ccccc4c(-c4ccccc4-c4ccncc4)c4ccccc34)c2)c([B])c([B])c1O. The molecular formula is C44H25B4N3O. The van der Waals surface area contributed by atoms with Crippen LogP contribution in [0.5, 0.6) is 5.75 Å². The Morgan fingerprint density at radius 2 is 1.04 bits per heavy atom. The van der Waals surface area contributed by atoms with Crippen molar-refractivity contribution >= 4 is 85.8 Å². The lowest BCUT2D eigenvalue weighted by atomic mass is 9.66. The van der Waals surface area contributed by atoms with Crippen LogP contribution in [0, 0.1) is 0 Å². The molecule has 52 heavy (non-hydrogen) atoms. The van der Waals surface area contributed by atoms with Gasteiger partial charge in [-0.3, -0.25) is 9.55 Å². The maximum absolute atomic E-state index is 10.5. The predicted octanol–water partition coefficient (Wildman–Crippen LogP) is 6.28. The van der Waals surface area contributed by atoms with E-state index < -0.39 is 0 Å². The Morgan fingerprint density at radius 1 is 0.481 bits per heavy atom. The number of hydrogen-bond donors (Lipinski definition) is 1. The van der Waals surface area contributed by atoms with E-state index in [0.717, 1.165) is 66.1 Å². The lowest BCUT2D eigenvalue weighted by Crippen LogP contribution is -2.42. The van der Waals surface area contributed by atoms with Crippen molar-refractivity contribution in [2.24, 2.45) is 0 Å². The molecular weight excluding hydrogens is 630 g/mol. The Morgan fingerprint density at radius 3 is 1.69 bits per heavy atom. The third-order valence-electron chi connectivity index (χ3n) is 9.93. The Hall–Kier alpha value is -6.26. The summed E-state index contributed by atoms with van der Waals surface area (Å²) in [5.74, 6) is 0.124. The molecule has 2 heterocycles. The van der Waals surface area contributed by atoms with E-state index in [2.05, 4.69) is 102 Å². The molecule has 0 unspecified atom stereocenters. The van der Waals surface area contributed by atoms with Gasteiger partial charge in [-0.05, 0) is 91.3 Å². The van der Waals surface area contributed by atoms with Crippen LogP contribution >= 0.6 is 0 Å². The summed E-state index contributed by atoms with van der Waals surface area (Å²) < 4.78 is 2.01. The molecule has 2 aromatic heterocycles. The number of rotatable bonds is 5. The fraction of sp³-hybridized carbons (Fsp3) is 0. The molecule has 0 spiro atoms. The van der Waals surface area contributed by atoms with Gasteiger partial charge in [0.2, 0.25) is 0 Å². The van der Waals surface area contributed by atoms with Crippen molar-refractivity contribution in [3.8, 4) is 56.2 Å². The van der Waals surface area contributed by atoms with Gasteiger partial charge in [0.25, 0.3) is 0 Å². The predicted molar refractivity (Wildman–Crippen MR) is 219 cm³/mol. The molecule has 4 nitrogen and oxygen atoms in total. The van der Waals surface area contributed by atoms with Crippen molar-refractivity contribution in [3.63, 3.8) is 0 Å². The van der Waals surface area contributed by atoms with Crippen molar-refractivity contribution in [3.05, 3.63) is 146 Å². The van der Waals surface area contributed by atoms with Gasteiger partial charge in [-0.15, -0.1) is 0 Å². The summed E-state index contributed by atoms with van der Waals surface area (Å²) in [5.41, 5.74) is 9.62. The summed E-state index contributed by atoms with van der Waals surface area (Å²) >= 11 is 0. The molecule has 0 aliphatic carbocycles. The molecule has 0 atom stereocenters. The van der Waals surface area contributed by atoms with E-state index in [-0.39, 0.29) is 27.6 Å². The monoisotopic (exact) mass is 655 g/mol. The number of para-hydroxylation sites is 2. The van der Waals surface area contributed by atoms with Crippen LogP contribution in [-0.2, 0) is 0 Å². The zero-order valence-corrected chi connectivity index (χ0v) is 28.0. The van der Waals surface area contributed by atoms with Gasteiger partial charge < -0.3 is 5.11 Å². The highest BCUT2D eigenvalue weighted by molar-refractivity contribution is 6.61. The first-order valence-electron chi connectivity index (χ1n) is 16.9. The van der Waals surface area contributed by atoms with Gasteiger partial charge in [-0.1, -0.05) is 119 Å². The number of benzene rings is 7. The number of aromatic hydroxyl groups is 1. The quantitative estimate of drug-likeness (QED) is 0.176. The topological polar surface area (TPSA) is 50.9 Å². The molecule has 0 fully saturated rings. The lowest BCUT2D eigenvalue weighted by Gasteiger charge is -2.21. The first-order chi connectivity index (χ1) is 25.4. The van der Waals surface area contributed by atoms with Crippen LogP contribution in [0.1, 0.15) is 0 Å². The largest absolute Gasteiger partial charge is 0.509 e. The molecule has 9 aromatic rings. The number of aromatic nitrogens is 3. The van der Waals surface area contributed by atoms with Gasteiger partial charge in [-0.2, -0.15) is 0 Å². The molecule has 0 aliphatic rings. The second kappa shape index (κ2) is 12.5. The zero-order chi connectivity index (χ0) is 35.5. The Balaban J connectivity index is 1.32. The van der Waals surface area contributed by atoms with Gasteiger partial charge in [0.05, 0.1) is 16.8 Å². The van der Waals surface area contributed by atoms with Crippen LogP contribution in [0.2, 0.25) is 0 Å². The number of fused-ring (bicyclic) bond motifs is 3. The maximum Gasteiger partial charge on any atom is 0.144 e. The van der Waals surface area contributed by atoms with Crippen LogP contribution in [0.3, 0.4) is 0 Å². The number of phenols is 1. The van der Waals surface area contributed by atoms with Crippen molar-refractivity contribution < 1.29 is 5.11 Å². The number of phenolic OH excluding ortho intramolecular Hbond substituents is 1. The second-order valence-electron chi connectivity index (χ2n) is 12.8. The summed E-state index contributed by atoms with van der Waals surface area (Å²) in [6, 6.07) is 46.1. The van der Waals surface area contributed by atoms with Crippen LogP contribution in [0.15, 0.2) is 146 Å². The minimum absolute atomic E-state index is 0.0439. The third-order valence-corrected chi connectivity index (χ3v) is 9.93. The zero-order valence-electron chi connectivity index (χ0n) is 28.0.